The summed E-state index contributed by atoms with van der Waals surface area (Å²) in [6.07, 6.45) is 4.24. The van der Waals surface area contributed by atoms with Crippen LogP contribution in [0.25, 0.3) is 5.53 Å². The third kappa shape index (κ3) is 10.6. The van der Waals surface area contributed by atoms with E-state index in [2.05, 4.69) is 23.5 Å². The van der Waals surface area contributed by atoms with E-state index in [1.54, 1.807) is 0 Å². The molecular formula is C18H27BF4N3O3-. The van der Waals surface area contributed by atoms with E-state index in [1.807, 2.05) is 18.2 Å². The number of hydrogen-bond acceptors (Lipinski definition) is 4. The number of anilines is 1. The maximum absolute atomic E-state index is 9.75. The van der Waals surface area contributed by atoms with Crippen LogP contribution in [-0.4, -0.2) is 50.9 Å². The highest BCUT2D eigenvalue weighted by Crippen LogP contribution is 2.33. The van der Waals surface area contributed by atoms with Gasteiger partial charge in [-0.25, -0.2) is 0 Å². The summed E-state index contributed by atoms with van der Waals surface area (Å²) >= 11 is 0. The van der Waals surface area contributed by atoms with Crippen LogP contribution in [0.15, 0.2) is 18.2 Å². The first kappa shape index (κ1) is 24.6. The maximum Gasteiger partial charge on any atom is 0.673 e. The van der Waals surface area contributed by atoms with E-state index in [0.717, 1.165) is 42.9 Å². The molecule has 11 heteroatoms. The molecule has 0 aromatic heterocycles. The van der Waals surface area contributed by atoms with Gasteiger partial charge in [-0.3, -0.25) is 0 Å². The number of benzene rings is 1. The lowest BCUT2D eigenvalue weighted by atomic mass is 10.2. The lowest BCUT2D eigenvalue weighted by Crippen LogP contribution is -2.40. The van der Waals surface area contributed by atoms with Crippen LogP contribution in [0.3, 0.4) is 0 Å². The van der Waals surface area contributed by atoms with Gasteiger partial charge in [0, 0.05) is 6.07 Å². The molecule has 0 bridgehead atoms. The first-order valence-corrected chi connectivity index (χ1v) is 9.64. The first-order chi connectivity index (χ1) is 13.8. The quantitative estimate of drug-likeness (QED) is 0.189. The molecule has 1 aliphatic rings. The summed E-state index contributed by atoms with van der Waals surface area (Å²) in [6.45, 7) is 7.28. The minimum absolute atomic E-state index is 0.318. The molecule has 0 amide bonds. The van der Waals surface area contributed by atoms with Crippen LogP contribution in [0.2, 0.25) is 0 Å². The van der Waals surface area contributed by atoms with Crippen LogP contribution < -0.4 is 14.4 Å². The number of unbranched alkanes of at least 4 members (excludes halogenated alkanes) is 2. The highest BCUT2D eigenvalue weighted by atomic mass is 19.5. The van der Waals surface area contributed by atoms with Crippen molar-refractivity contribution in [1.29, 1.82) is 0 Å². The molecule has 1 fully saturated rings. The average molecular weight is 420 g/mol. The Labute approximate surface area is 168 Å². The van der Waals surface area contributed by atoms with Crippen molar-refractivity contribution in [3.8, 4) is 11.5 Å². The van der Waals surface area contributed by atoms with E-state index in [0.29, 0.717) is 38.8 Å². The molecule has 0 atom stereocenters. The predicted octanol–water partition coefficient (Wildman–Crippen LogP) is 4.81. The summed E-state index contributed by atoms with van der Waals surface area (Å²) in [4.78, 5) is 5.28. The van der Waals surface area contributed by atoms with Gasteiger partial charge in [-0.1, -0.05) is 26.7 Å². The van der Waals surface area contributed by atoms with Gasteiger partial charge in [0.25, 0.3) is 0 Å². The number of halogens is 4. The second kappa shape index (κ2) is 12.9. The normalized spacial score (nSPS) is 13.7. The second-order valence-electron chi connectivity index (χ2n) is 6.29. The number of ether oxygens (including phenoxy) is 3. The molecule has 1 aliphatic heterocycles. The highest BCUT2D eigenvalue weighted by Gasteiger charge is 2.25. The molecule has 2 rings (SSSR count). The average Bonchev–Trinajstić information content (AvgIpc) is 2.68. The molecule has 1 heterocycles. The molecule has 0 aliphatic carbocycles. The van der Waals surface area contributed by atoms with Gasteiger partial charge in [0.05, 0.1) is 25.4 Å². The van der Waals surface area contributed by atoms with Gasteiger partial charge < -0.3 is 41.9 Å². The molecule has 1 aromatic rings. The monoisotopic (exact) mass is 420 g/mol. The molecule has 29 heavy (non-hydrogen) atoms. The third-order valence-electron chi connectivity index (χ3n) is 3.86. The second-order valence-corrected chi connectivity index (χ2v) is 6.29. The van der Waals surface area contributed by atoms with Gasteiger partial charge >= 0.3 is 13.2 Å². The van der Waals surface area contributed by atoms with Crippen LogP contribution in [0.4, 0.5) is 23.0 Å². The summed E-state index contributed by atoms with van der Waals surface area (Å²) in [5.74, 6) is 1.97. The van der Waals surface area contributed by atoms with Crippen LogP contribution >= 0.6 is 0 Å². The zero-order chi connectivity index (χ0) is 21.7. The largest absolute Gasteiger partial charge is 0.673 e. The zero-order valence-electron chi connectivity index (χ0n) is 16.8. The van der Waals surface area contributed by atoms with E-state index < -0.39 is 7.25 Å². The van der Waals surface area contributed by atoms with Crippen molar-refractivity contribution < 1.29 is 36.3 Å². The number of nitrogens with zero attached hydrogens (tertiary/aromatic N) is 3. The Hall–Kier alpha value is -2.42. The van der Waals surface area contributed by atoms with Gasteiger partial charge in [0.15, 0.2) is 6.54 Å². The molecule has 164 valence electrons. The minimum Gasteiger partial charge on any atom is -0.494 e. The highest BCUT2D eigenvalue weighted by molar-refractivity contribution is 6.50. The first-order valence-electron chi connectivity index (χ1n) is 9.64. The van der Waals surface area contributed by atoms with Crippen molar-refractivity contribution in [3.05, 3.63) is 23.7 Å². The summed E-state index contributed by atoms with van der Waals surface area (Å²) in [5, 5.41) is 0. The Morgan fingerprint density at radius 3 is 2.31 bits per heavy atom. The van der Waals surface area contributed by atoms with E-state index in [4.69, 9.17) is 19.7 Å². The zero-order valence-corrected chi connectivity index (χ0v) is 16.8. The minimum atomic E-state index is -6.00. The molecule has 6 nitrogen and oxygen atoms in total. The molecule has 1 saturated heterocycles. The van der Waals surface area contributed by atoms with Crippen molar-refractivity contribution in [1.82, 2.24) is 0 Å². The smallest absolute Gasteiger partial charge is 0.494 e. The summed E-state index contributed by atoms with van der Waals surface area (Å²) in [5.41, 5.74) is 9.93. The molecule has 0 unspecified atom stereocenters. The van der Waals surface area contributed by atoms with Crippen molar-refractivity contribution in [3.63, 3.8) is 0 Å². The topological polar surface area (TPSA) is 67.3 Å². The van der Waals surface area contributed by atoms with E-state index >= 15 is 0 Å². The standard InChI is InChI=1S/C18H27N3O3.BF4/c1-3-5-10-22-15-7-8-17(23-11-6-4-2)16(13-15)21-9-12-24-18(14-21)20-19;2-1(3,4)5/h7-8,13H,3-6,9-12,14H2,1-2H3;/q;-1. The molecule has 0 N–H and O–H groups in total. The number of rotatable bonds is 9. The van der Waals surface area contributed by atoms with Crippen LogP contribution in [0.5, 0.6) is 11.5 Å². The van der Waals surface area contributed by atoms with Crippen LogP contribution in [-0.2, 0) is 4.74 Å². The molecular weight excluding hydrogens is 393 g/mol. The van der Waals surface area contributed by atoms with E-state index in [9.17, 15) is 17.3 Å². The third-order valence-corrected chi connectivity index (χ3v) is 3.86. The lowest BCUT2D eigenvalue weighted by Gasteiger charge is -2.28. The van der Waals surface area contributed by atoms with Gasteiger partial charge in [-0.05, 0) is 25.0 Å². The Kier molecular flexibility index (Phi) is 11.0. The van der Waals surface area contributed by atoms with Gasteiger partial charge in [0.1, 0.15) is 18.1 Å². The number of morpholine rings is 1. The van der Waals surface area contributed by atoms with E-state index in [-0.39, 0.29) is 0 Å². The molecule has 0 saturated carbocycles. The molecule has 1 aromatic carbocycles. The number of hydrogen-bond donors (Lipinski definition) is 0. The van der Waals surface area contributed by atoms with Crippen LogP contribution in [0.1, 0.15) is 39.5 Å². The van der Waals surface area contributed by atoms with Crippen molar-refractivity contribution in [2.45, 2.75) is 39.5 Å². The Morgan fingerprint density at radius 1 is 1.10 bits per heavy atom. The maximum atomic E-state index is 9.75. The van der Waals surface area contributed by atoms with Gasteiger partial charge in [-0.15, -0.1) is 4.79 Å². The SMILES string of the molecule is CCCCOc1ccc(OCCCC)c(N2CCOC(=[N+]=[N-])C2)c1.F[B-](F)(F)F. The van der Waals surface area contributed by atoms with Crippen molar-refractivity contribution >= 4 is 18.8 Å². The van der Waals surface area contributed by atoms with Gasteiger partial charge in [0.2, 0.25) is 0 Å². The summed E-state index contributed by atoms with van der Waals surface area (Å²) in [6, 6.07) is 5.90. The Morgan fingerprint density at radius 2 is 1.72 bits per heavy atom. The summed E-state index contributed by atoms with van der Waals surface area (Å²) in [7, 11) is -6.00. The van der Waals surface area contributed by atoms with E-state index in [1.165, 1.54) is 0 Å². The predicted molar refractivity (Wildman–Crippen MR) is 104 cm³/mol. The molecule has 0 radical (unpaired) electrons. The van der Waals surface area contributed by atoms with Crippen molar-refractivity contribution in [2.24, 2.45) is 0 Å². The summed E-state index contributed by atoms with van der Waals surface area (Å²) < 4.78 is 56.1. The fourth-order valence-electron chi connectivity index (χ4n) is 2.44. The fraction of sp³-hybridized carbons (Fsp3) is 0.611. The molecule has 0 spiro atoms. The Bertz CT molecular complexity index is 664. The Balaban J connectivity index is 0.000000749. The van der Waals surface area contributed by atoms with Crippen LogP contribution in [0, 0.1) is 0 Å². The van der Waals surface area contributed by atoms with Crippen molar-refractivity contribution in [2.75, 3.05) is 37.8 Å². The lowest BCUT2D eigenvalue weighted by molar-refractivity contribution is -0.0454. The fourth-order valence-corrected chi connectivity index (χ4v) is 2.44. The van der Waals surface area contributed by atoms with Gasteiger partial charge in [-0.2, -0.15) is 0 Å².